The van der Waals surface area contributed by atoms with Crippen LogP contribution < -0.4 is 5.73 Å². The van der Waals surface area contributed by atoms with Crippen LogP contribution >= 0.6 is 15.9 Å². The van der Waals surface area contributed by atoms with Crippen molar-refractivity contribution < 1.29 is 8.78 Å². The van der Waals surface area contributed by atoms with Crippen LogP contribution in [0.25, 0.3) is 0 Å². The number of benzene rings is 1. The van der Waals surface area contributed by atoms with Gasteiger partial charge < -0.3 is 10.6 Å². The third kappa shape index (κ3) is 4.82. The molecule has 1 unspecified atom stereocenters. The van der Waals surface area contributed by atoms with Crippen LogP contribution in [0, 0.1) is 17.6 Å². The molecule has 1 rings (SSSR count). The molecule has 0 heterocycles. The first-order valence-electron chi connectivity index (χ1n) is 6.39. The lowest BCUT2D eigenvalue weighted by Gasteiger charge is -2.21. The van der Waals surface area contributed by atoms with Gasteiger partial charge in [-0.2, -0.15) is 0 Å². The lowest BCUT2D eigenvalue weighted by atomic mass is 10.0. The smallest absolute Gasteiger partial charge is 0.144 e. The predicted octanol–water partition coefficient (Wildman–Crippen LogP) is 3.53. The van der Waals surface area contributed by atoms with Gasteiger partial charge in [0.25, 0.3) is 0 Å². The van der Waals surface area contributed by atoms with Gasteiger partial charge in [-0.3, -0.25) is 0 Å². The Labute approximate surface area is 122 Å². The third-order valence-corrected chi connectivity index (χ3v) is 3.88. The molecule has 2 N–H and O–H groups in total. The molecule has 0 aromatic heterocycles. The maximum atomic E-state index is 13.8. The van der Waals surface area contributed by atoms with E-state index in [0.29, 0.717) is 12.5 Å². The van der Waals surface area contributed by atoms with Crippen LogP contribution in [0.5, 0.6) is 0 Å². The van der Waals surface area contributed by atoms with Crippen LogP contribution in [0.2, 0.25) is 0 Å². The van der Waals surface area contributed by atoms with Gasteiger partial charge in [0.2, 0.25) is 0 Å². The van der Waals surface area contributed by atoms with Crippen LogP contribution in [0.3, 0.4) is 0 Å². The van der Waals surface area contributed by atoms with E-state index < -0.39 is 11.6 Å². The SMILES string of the molecule is CC(C)C(N)CCN(C)Cc1c(F)ccc(Br)c1F. The molecule has 1 atom stereocenters. The zero-order valence-corrected chi connectivity index (χ0v) is 13.2. The summed E-state index contributed by atoms with van der Waals surface area (Å²) < 4.78 is 27.7. The van der Waals surface area contributed by atoms with Crippen molar-refractivity contribution in [2.24, 2.45) is 11.7 Å². The Kier molecular flexibility index (Phi) is 6.36. The first kappa shape index (κ1) is 16.5. The van der Waals surface area contributed by atoms with Gasteiger partial charge in [-0.1, -0.05) is 13.8 Å². The van der Waals surface area contributed by atoms with E-state index in [1.165, 1.54) is 12.1 Å². The molecule has 2 nitrogen and oxygen atoms in total. The standard InChI is InChI=1S/C14H21BrF2N2/c1-9(2)13(18)6-7-19(3)8-10-12(16)5-4-11(15)14(10)17/h4-5,9,13H,6-8,18H2,1-3H3. The molecule has 0 aliphatic carbocycles. The molecule has 0 spiro atoms. The molecule has 0 fully saturated rings. The summed E-state index contributed by atoms with van der Waals surface area (Å²) in [5.74, 6) is -0.631. The van der Waals surface area contributed by atoms with Gasteiger partial charge in [0.15, 0.2) is 0 Å². The second-order valence-electron chi connectivity index (χ2n) is 5.26. The average molecular weight is 335 g/mol. The molecule has 0 aliphatic heterocycles. The molecule has 0 saturated heterocycles. The largest absolute Gasteiger partial charge is 0.327 e. The molecule has 0 amide bonds. The number of halogens is 3. The number of hydrogen-bond acceptors (Lipinski definition) is 2. The van der Waals surface area contributed by atoms with Crippen LogP contribution in [-0.2, 0) is 6.54 Å². The fourth-order valence-electron chi connectivity index (χ4n) is 1.77. The van der Waals surface area contributed by atoms with E-state index in [0.717, 1.165) is 6.42 Å². The summed E-state index contributed by atoms with van der Waals surface area (Å²) in [4.78, 5) is 1.89. The summed E-state index contributed by atoms with van der Waals surface area (Å²) in [7, 11) is 1.84. The number of nitrogens with zero attached hydrogens (tertiary/aromatic N) is 1. The highest BCUT2D eigenvalue weighted by Gasteiger charge is 2.15. The summed E-state index contributed by atoms with van der Waals surface area (Å²) in [6, 6.07) is 2.76. The van der Waals surface area contributed by atoms with E-state index >= 15 is 0 Å². The minimum Gasteiger partial charge on any atom is -0.327 e. The van der Waals surface area contributed by atoms with Crippen LogP contribution in [0.4, 0.5) is 8.78 Å². The van der Waals surface area contributed by atoms with Gasteiger partial charge in [0, 0.05) is 18.2 Å². The zero-order chi connectivity index (χ0) is 14.6. The van der Waals surface area contributed by atoms with Crippen LogP contribution in [0.15, 0.2) is 16.6 Å². The second kappa shape index (κ2) is 7.31. The van der Waals surface area contributed by atoms with Gasteiger partial charge in [0.05, 0.1) is 4.47 Å². The molecule has 0 aliphatic rings. The first-order valence-corrected chi connectivity index (χ1v) is 7.18. The fraction of sp³-hybridized carbons (Fsp3) is 0.571. The molecule has 0 saturated carbocycles. The highest BCUT2D eigenvalue weighted by molar-refractivity contribution is 9.10. The molecule has 0 bridgehead atoms. The minimum absolute atomic E-state index is 0.0926. The lowest BCUT2D eigenvalue weighted by molar-refractivity contribution is 0.288. The van der Waals surface area contributed by atoms with Crippen molar-refractivity contribution in [2.45, 2.75) is 32.9 Å². The second-order valence-corrected chi connectivity index (χ2v) is 6.11. The molecule has 19 heavy (non-hydrogen) atoms. The summed E-state index contributed by atoms with van der Waals surface area (Å²) in [6.07, 6.45) is 0.811. The number of nitrogens with two attached hydrogens (primary N) is 1. The maximum absolute atomic E-state index is 13.8. The zero-order valence-electron chi connectivity index (χ0n) is 11.6. The Morgan fingerprint density at radius 1 is 1.32 bits per heavy atom. The van der Waals surface area contributed by atoms with Crippen LogP contribution in [-0.4, -0.2) is 24.5 Å². The molecular weight excluding hydrogens is 314 g/mol. The van der Waals surface area contributed by atoms with Gasteiger partial charge in [-0.25, -0.2) is 8.78 Å². The van der Waals surface area contributed by atoms with Crippen molar-refractivity contribution in [1.82, 2.24) is 4.90 Å². The van der Waals surface area contributed by atoms with E-state index in [1.54, 1.807) is 0 Å². The van der Waals surface area contributed by atoms with Gasteiger partial charge in [-0.15, -0.1) is 0 Å². The maximum Gasteiger partial charge on any atom is 0.144 e. The Morgan fingerprint density at radius 3 is 2.53 bits per heavy atom. The summed E-state index contributed by atoms with van der Waals surface area (Å²) in [6.45, 7) is 5.09. The molecule has 1 aromatic carbocycles. The minimum atomic E-state index is -0.528. The molecule has 5 heteroatoms. The van der Waals surface area contributed by atoms with E-state index in [9.17, 15) is 8.78 Å². The van der Waals surface area contributed by atoms with Gasteiger partial charge >= 0.3 is 0 Å². The highest BCUT2D eigenvalue weighted by atomic mass is 79.9. The molecule has 0 radical (unpaired) electrons. The summed E-state index contributed by atoms with van der Waals surface area (Å²) in [5, 5.41) is 0. The van der Waals surface area contributed by atoms with E-state index in [4.69, 9.17) is 5.73 Å². The fourth-order valence-corrected chi connectivity index (χ4v) is 2.14. The third-order valence-electron chi connectivity index (χ3n) is 3.27. The Bertz CT molecular complexity index is 424. The Balaban J connectivity index is 2.62. The normalized spacial score (nSPS) is 13.3. The Hall–Kier alpha value is -0.520. The van der Waals surface area contributed by atoms with Gasteiger partial charge in [0.1, 0.15) is 11.6 Å². The predicted molar refractivity (Wildman–Crippen MR) is 77.8 cm³/mol. The molecule has 108 valence electrons. The van der Waals surface area contributed by atoms with E-state index in [1.807, 2.05) is 11.9 Å². The monoisotopic (exact) mass is 334 g/mol. The number of hydrogen-bond donors (Lipinski definition) is 1. The van der Waals surface area contributed by atoms with Crippen molar-refractivity contribution in [3.63, 3.8) is 0 Å². The van der Waals surface area contributed by atoms with Gasteiger partial charge in [-0.05, 0) is 54.0 Å². The summed E-state index contributed by atoms with van der Waals surface area (Å²) in [5.41, 5.74) is 6.05. The van der Waals surface area contributed by atoms with Crippen molar-refractivity contribution in [1.29, 1.82) is 0 Å². The summed E-state index contributed by atoms with van der Waals surface area (Å²) >= 11 is 3.07. The quantitative estimate of drug-likeness (QED) is 0.806. The number of rotatable bonds is 6. The molecule has 1 aromatic rings. The van der Waals surface area contributed by atoms with Crippen LogP contribution in [0.1, 0.15) is 25.8 Å². The highest BCUT2D eigenvalue weighted by Crippen LogP contribution is 2.22. The van der Waals surface area contributed by atoms with E-state index in [2.05, 4.69) is 29.8 Å². The van der Waals surface area contributed by atoms with Crippen molar-refractivity contribution in [3.05, 3.63) is 33.8 Å². The first-order chi connectivity index (χ1) is 8.82. The van der Waals surface area contributed by atoms with E-state index in [-0.39, 0.29) is 22.6 Å². The van der Waals surface area contributed by atoms with Crippen molar-refractivity contribution in [3.8, 4) is 0 Å². The van der Waals surface area contributed by atoms with Crippen molar-refractivity contribution >= 4 is 15.9 Å². The Morgan fingerprint density at radius 2 is 1.95 bits per heavy atom. The lowest BCUT2D eigenvalue weighted by Crippen LogP contribution is -2.32. The molecular formula is C14H21BrF2N2. The average Bonchev–Trinajstić information content (AvgIpc) is 2.36. The topological polar surface area (TPSA) is 29.3 Å². The van der Waals surface area contributed by atoms with Crippen molar-refractivity contribution in [2.75, 3.05) is 13.6 Å².